The summed E-state index contributed by atoms with van der Waals surface area (Å²) in [6.45, 7) is 0.325. The van der Waals surface area contributed by atoms with Crippen LogP contribution < -0.4 is 5.73 Å². The molecule has 0 spiro atoms. The van der Waals surface area contributed by atoms with Crippen molar-refractivity contribution in [3.05, 3.63) is 11.8 Å². The van der Waals surface area contributed by atoms with Gasteiger partial charge in [0.05, 0.1) is 13.0 Å². The van der Waals surface area contributed by atoms with Gasteiger partial charge in [-0.1, -0.05) is 0 Å². The van der Waals surface area contributed by atoms with Crippen LogP contribution in [0, 0.1) is 0 Å². The van der Waals surface area contributed by atoms with Crippen LogP contribution in [0.5, 0.6) is 0 Å². The average Bonchev–Trinajstić information content (AvgIpc) is 2.14. The molecule has 0 amide bonds. The second-order valence-electron chi connectivity index (χ2n) is 1.55. The summed E-state index contributed by atoms with van der Waals surface area (Å²) in [6.07, 6.45) is 2.08. The normalized spacial score (nSPS) is 18.1. The molecular weight excluding hydrogens is 106 g/mol. The Bertz CT molecular complexity index is 139. The summed E-state index contributed by atoms with van der Waals surface area (Å²) in [6, 6.07) is 0. The van der Waals surface area contributed by atoms with Crippen molar-refractivity contribution in [3.63, 3.8) is 0 Å². The minimum absolute atomic E-state index is 0.203. The maximum absolute atomic E-state index is 10.3. The molecule has 8 heavy (non-hydrogen) atoms. The molecule has 44 valence electrons. The maximum Gasteiger partial charge on any atom is 0.314 e. The third-order valence-corrected chi connectivity index (χ3v) is 0.943. The Morgan fingerprint density at radius 2 is 2.62 bits per heavy atom. The molecule has 0 saturated carbocycles. The van der Waals surface area contributed by atoms with Gasteiger partial charge in [0.1, 0.15) is 5.76 Å². The lowest BCUT2D eigenvalue weighted by atomic mass is 10.4. The molecule has 0 saturated heterocycles. The monoisotopic (exact) mass is 113 g/mol. The van der Waals surface area contributed by atoms with E-state index in [0.717, 1.165) is 0 Å². The Balaban J connectivity index is 2.49. The largest absolute Gasteiger partial charge is 0.430 e. The Morgan fingerprint density at radius 1 is 1.88 bits per heavy atom. The highest BCUT2D eigenvalue weighted by atomic mass is 16.5. The molecule has 1 aliphatic heterocycles. The number of esters is 1. The first-order chi connectivity index (χ1) is 3.83. The molecule has 2 N–H and O–H groups in total. The summed E-state index contributed by atoms with van der Waals surface area (Å²) < 4.78 is 4.61. The van der Waals surface area contributed by atoms with Crippen molar-refractivity contribution < 1.29 is 9.53 Å². The van der Waals surface area contributed by atoms with Crippen molar-refractivity contribution >= 4 is 5.97 Å². The van der Waals surface area contributed by atoms with E-state index in [9.17, 15) is 4.79 Å². The van der Waals surface area contributed by atoms with Crippen LogP contribution >= 0.6 is 0 Å². The van der Waals surface area contributed by atoms with Gasteiger partial charge in [0, 0.05) is 0 Å². The van der Waals surface area contributed by atoms with Gasteiger partial charge in [-0.05, 0) is 6.08 Å². The molecule has 0 radical (unpaired) electrons. The SMILES string of the molecule is NCC1=CCC(=O)O1. The fourth-order valence-corrected chi connectivity index (χ4v) is 0.552. The number of hydrogen-bond donors (Lipinski definition) is 1. The van der Waals surface area contributed by atoms with Crippen molar-refractivity contribution in [2.45, 2.75) is 6.42 Å². The number of carbonyl (C=O) groups is 1. The molecule has 3 nitrogen and oxygen atoms in total. The van der Waals surface area contributed by atoms with Gasteiger partial charge in [0.25, 0.3) is 0 Å². The molecule has 0 bridgehead atoms. The molecule has 0 unspecified atom stereocenters. The first-order valence-corrected chi connectivity index (χ1v) is 2.42. The van der Waals surface area contributed by atoms with Gasteiger partial charge in [0.15, 0.2) is 0 Å². The molecular formula is C5H7NO2. The van der Waals surface area contributed by atoms with Gasteiger partial charge in [-0.15, -0.1) is 0 Å². The number of cyclic esters (lactones) is 1. The zero-order chi connectivity index (χ0) is 5.98. The predicted octanol–water partition coefficient (Wildman–Crippen LogP) is -0.224. The highest BCUT2D eigenvalue weighted by Crippen LogP contribution is 2.07. The second kappa shape index (κ2) is 1.96. The highest BCUT2D eigenvalue weighted by Gasteiger charge is 2.11. The lowest BCUT2D eigenvalue weighted by Crippen LogP contribution is -2.04. The van der Waals surface area contributed by atoms with E-state index in [1.54, 1.807) is 6.08 Å². The molecule has 0 aromatic rings. The van der Waals surface area contributed by atoms with Crippen LogP contribution in [0.4, 0.5) is 0 Å². The summed E-state index contributed by atoms with van der Waals surface area (Å²) in [5.74, 6) is 0.389. The van der Waals surface area contributed by atoms with Crippen molar-refractivity contribution in [1.82, 2.24) is 0 Å². The number of carbonyl (C=O) groups excluding carboxylic acids is 1. The van der Waals surface area contributed by atoms with Gasteiger partial charge < -0.3 is 10.5 Å². The number of rotatable bonds is 1. The molecule has 0 aliphatic carbocycles. The highest BCUT2D eigenvalue weighted by molar-refractivity contribution is 5.75. The Morgan fingerprint density at radius 3 is 2.88 bits per heavy atom. The van der Waals surface area contributed by atoms with E-state index < -0.39 is 0 Å². The van der Waals surface area contributed by atoms with Gasteiger partial charge in [-0.25, -0.2) is 0 Å². The minimum atomic E-state index is -0.203. The lowest BCUT2D eigenvalue weighted by molar-refractivity contribution is -0.136. The van der Waals surface area contributed by atoms with E-state index >= 15 is 0 Å². The van der Waals surface area contributed by atoms with Crippen LogP contribution in [0.2, 0.25) is 0 Å². The van der Waals surface area contributed by atoms with Gasteiger partial charge in [0.2, 0.25) is 0 Å². The zero-order valence-electron chi connectivity index (χ0n) is 4.39. The number of nitrogens with two attached hydrogens (primary N) is 1. The molecule has 0 aromatic carbocycles. The molecule has 0 fully saturated rings. The Kier molecular flexibility index (Phi) is 1.30. The average molecular weight is 113 g/mol. The van der Waals surface area contributed by atoms with Crippen molar-refractivity contribution in [1.29, 1.82) is 0 Å². The summed E-state index contributed by atoms with van der Waals surface area (Å²) in [7, 11) is 0. The van der Waals surface area contributed by atoms with Crippen LogP contribution in [0.15, 0.2) is 11.8 Å². The summed E-state index contributed by atoms with van der Waals surface area (Å²) in [5, 5.41) is 0. The van der Waals surface area contributed by atoms with Gasteiger partial charge in [-0.3, -0.25) is 4.79 Å². The summed E-state index contributed by atoms with van der Waals surface area (Å²) in [5.41, 5.74) is 5.15. The lowest BCUT2D eigenvalue weighted by Gasteiger charge is -1.93. The molecule has 0 aromatic heterocycles. The third kappa shape index (κ3) is 0.869. The molecule has 0 atom stereocenters. The van der Waals surface area contributed by atoms with Crippen LogP contribution in [-0.2, 0) is 9.53 Å². The maximum atomic E-state index is 10.3. The standard InChI is InChI=1S/C5H7NO2/c6-3-4-1-2-5(7)8-4/h1H,2-3,6H2. The van der Waals surface area contributed by atoms with E-state index in [4.69, 9.17) is 5.73 Å². The topological polar surface area (TPSA) is 52.3 Å². The van der Waals surface area contributed by atoms with Crippen molar-refractivity contribution in [3.8, 4) is 0 Å². The summed E-state index contributed by atoms with van der Waals surface area (Å²) in [4.78, 5) is 10.3. The summed E-state index contributed by atoms with van der Waals surface area (Å²) >= 11 is 0. The van der Waals surface area contributed by atoms with Crippen molar-refractivity contribution in [2.75, 3.05) is 6.54 Å². The Labute approximate surface area is 47.1 Å². The quantitative estimate of drug-likeness (QED) is 0.478. The smallest absolute Gasteiger partial charge is 0.314 e. The number of ether oxygens (including phenoxy) is 1. The molecule has 1 aliphatic rings. The molecule has 3 heteroatoms. The minimum Gasteiger partial charge on any atom is -0.430 e. The first-order valence-electron chi connectivity index (χ1n) is 2.42. The zero-order valence-corrected chi connectivity index (χ0v) is 4.39. The Hall–Kier alpha value is -0.830. The second-order valence-corrected chi connectivity index (χ2v) is 1.55. The van der Waals surface area contributed by atoms with Gasteiger partial charge >= 0.3 is 5.97 Å². The number of hydrogen-bond acceptors (Lipinski definition) is 3. The van der Waals surface area contributed by atoms with Crippen LogP contribution in [0.25, 0.3) is 0 Å². The molecule has 1 rings (SSSR count). The van der Waals surface area contributed by atoms with E-state index in [1.165, 1.54) is 0 Å². The van der Waals surface area contributed by atoms with Crippen LogP contribution in [-0.4, -0.2) is 12.5 Å². The fourth-order valence-electron chi connectivity index (χ4n) is 0.552. The van der Waals surface area contributed by atoms with Gasteiger partial charge in [-0.2, -0.15) is 0 Å². The van der Waals surface area contributed by atoms with E-state index in [-0.39, 0.29) is 5.97 Å². The van der Waals surface area contributed by atoms with E-state index in [1.807, 2.05) is 0 Å². The first kappa shape index (κ1) is 5.31. The predicted molar refractivity (Wildman–Crippen MR) is 27.8 cm³/mol. The third-order valence-electron chi connectivity index (χ3n) is 0.943. The van der Waals surface area contributed by atoms with Crippen LogP contribution in [0.3, 0.4) is 0 Å². The van der Waals surface area contributed by atoms with E-state index in [0.29, 0.717) is 18.7 Å². The fraction of sp³-hybridized carbons (Fsp3) is 0.400. The van der Waals surface area contributed by atoms with Crippen LogP contribution in [0.1, 0.15) is 6.42 Å². The van der Waals surface area contributed by atoms with E-state index in [2.05, 4.69) is 4.74 Å². The van der Waals surface area contributed by atoms with Crippen molar-refractivity contribution in [2.24, 2.45) is 5.73 Å². The molecule has 1 heterocycles.